The van der Waals surface area contributed by atoms with E-state index in [2.05, 4.69) is 56.8 Å². The smallest absolute Gasteiger partial charge is 0.279 e. The van der Waals surface area contributed by atoms with Crippen molar-refractivity contribution in [3.8, 4) is 11.6 Å². The predicted octanol–water partition coefficient (Wildman–Crippen LogP) is 4.48. The lowest BCUT2D eigenvalue weighted by Gasteiger charge is -2.10. The van der Waals surface area contributed by atoms with Gasteiger partial charge in [0, 0.05) is 23.2 Å². The van der Waals surface area contributed by atoms with Crippen LogP contribution in [0.3, 0.4) is 0 Å². The normalized spacial score (nSPS) is 13.8. The molecule has 0 amide bonds. The molecule has 0 unspecified atom stereocenters. The van der Waals surface area contributed by atoms with E-state index in [-0.39, 0.29) is 0 Å². The van der Waals surface area contributed by atoms with Gasteiger partial charge in [0.1, 0.15) is 0 Å². The Morgan fingerprint density at radius 1 is 1.04 bits per heavy atom. The van der Waals surface area contributed by atoms with Gasteiger partial charge in [-0.2, -0.15) is 4.98 Å². The highest BCUT2D eigenvalue weighted by Crippen LogP contribution is 2.39. The van der Waals surface area contributed by atoms with E-state index in [1.165, 1.54) is 11.1 Å². The zero-order valence-electron chi connectivity index (χ0n) is 15.0. The Morgan fingerprint density at radius 2 is 1.89 bits per heavy atom. The van der Waals surface area contributed by atoms with Gasteiger partial charge in [-0.1, -0.05) is 59.3 Å². The molecule has 0 spiro atoms. The van der Waals surface area contributed by atoms with Gasteiger partial charge in [0.2, 0.25) is 0 Å². The molecule has 0 saturated heterocycles. The molecule has 0 aliphatic heterocycles. The van der Waals surface area contributed by atoms with Gasteiger partial charge in [-0.25, -0.2) is 0 Å². The van der Waals surface area contributed by atoms with E-state index in [9.17, 15) is 0 Å². The third-order valence-electron chi connectivity index (χ3n) is 4.82. The Bertz CT molecular complexity index is 1120. The quantitative estimate of drug-likeness (QED) is 0.567. The molecule has 2 aromatic carbocycles. The van der Waals surface area contributed by atoms with Crippen LogP contribution >= 0.6 is 0 Å². The molecule has 2 aromatic heterocycles. The van der Waals surface area contributed by atoms with Gasteiger partial charge in [0.25, 0.3) is 5.89 Å². The second-order valence-electron chi connectivity index (χ2n) is 7.02. The Balaban J connectivity index is 1.49. The minimum Gasteiger partial charge on any atom is -0.364 e. The third kappa shape index (κ3) is 3.14. The first-order chi connectivity index (χ1) is 13.3. The highest BCUT2D eigenvalue weighted by atomic mass is 16.5. The number of hydrogen-bond donors (Lipinski definition) is 1. The summed E-state index contributed by atoms with van der Waals surface area (Å²) in [6.45, 7) is 2.78. The molecule has 1 saturated carbocycles. The summed E-state index contributed by atoms with van der Waals surface area (Å²) in [5, 5.41) is 18.2. The van der Waals surface area contributed by atoms with Crippen LogP contribution in [0, 0.1) is 6.92 Å². The maximum Gasteiger partial charge on any atom is 0.279 e. The van der Waals surface area contributed by atoms with Crippen molar-refractivity contribution in [1.29, 1.82) is 0 Å². The van der Waals surface area contributed by atoms with Crippen molar-refractivity contribution in [3.05, 3.63) is 65.5 Å². The maximum absolute atomic E-state index is 5.46. The molecule has 27 heavy (non-hydrogen) atoms. The average molecular weight is 357 g/mol. The molecule has 5 rings (SSSR count). The lowest BCUT2D eigenvalue weighted by molar-refractivity contribution is 0.421. The topological polar surface area (TPSA) is 76.7 Å². The van der Waals surface area contributed by atoms with E-state index in [1.54, 1.807) is 0 Å². The van der Waals surface area contributed by atoms with Crippen LogP contribution in [0.1, 0.15) is 35.7 Å². The van der Waals surface area contributed by atoms with E-state index < -0.39 is 0 Å². The van der Waals surface area contributed by atoms with E-state index in [4.69, 9.17) is 4.52 Å². The number of hydrogen-bond acceptors (Lipinski definition) is 6. The number of fused-ring (bicyclic) bond motifs is 1. The van der Waals surface area contributed by atoms with Crippen LogP contribution in [0.5, 0.6) is 0 Å². The van der Waals surface area contributed by atoms with E-state index in [0.29, 0.717) is 24.0 Å². The van der Waals surface area contributed by atoms with Crippen molar-refractivity contribution in [2.75, 3.05) is 5.32 Å². The fourth-order valence-corrected chi connectivity index (χ4v) is 3.24. The van der Waals surface area contributed by atoms with Gasteiger partial charge in [-0.05, 0) is 25.3 Å². The Kier molecular flexibility index (Phi) is 3.81. The number of rotatable bonds is 5. The second kappa shape index (κ2) is 6.46. The standard InChI is InChI=1S/C21H19N5O/c1-13-5-4-6-14(11-13)12-22-20-17-8-3-2-7-16(17)18(24-25-20)21-23-19(26-27-21)15-9-10-15/h2-8,11,15H,9-10,12H2,1H3,(H,22,25). The van der Waals surface area contributed by atoms with Gasteiger partial charge in [-0.3, -0.25) is 0 Å². The molecule has 1 aliphatic rings. The van der Waals surface area contributed by atoms with Crippen molar-refractivity contribution in [2.24, 2.45) is 0 Å². The summed E-state index contributed by atoms with van der Waals surface area (Å²) in [7, 11) is 0. The predicted molar refractivity (Wildman–Crippen MR) is 103 cm³/mol. The molecule has 134 valence electrons. The third-order valence-corrected chi connectivity index (χ3v) is 4.82. The molecule has 1 aliphatic carbocycles. The fourth-order valence-electron chi connectivity index (χ4n) is 3.24. The Hall–Kier alpha value is -3.28. The van der Waals surface area contributed by atoms with Crippen LogP contribution in [0.25, 0.3) is 22.4 Å². The number of nitrogens with one attached hydrogen (secondary N) is 1. The fraction of sp³-hybridized carbons (Fsp3) is 0.238. The van der Waals surface area contributed by atoms with Crippen LogP contribution in [-0.4, -0.2) is 20.3 Å². The SMILES string of the molecule is Cc1cccc(CNc2nnc(-c3nc(C4CC4)no3)c3ccccc23)c1. The first kappa shape index (κ1) is 15.9. The van der Waals surface area contributed by atoms with Crippen LogP contribution in [0.2, 0.25) is 0 Å². The second-order valence-corrected chi connectivity index (χ2v) is 7.02. The van der Waals surface area contributed by atoms with Gasteiger partial charge in [0.15, 0.2) is 17.3 Å². The summed E-state index contributed by atoms with van der Waals surface area (Å²) in [5.41, 5.74) is 3.07. The lowest BCUT2D eigenvalue weighted by atomic mass is 10.1. The van der Waals surface area contributed by atoms with Crippen LogP contribution in [0.15, 0.2) is 53.1 Å². The van der Waals surface area contributed by atoms with Crippen molar-refractivity contribution in [1.82, 2.24) is 20.3 Å². The summed E-state index contributed by atoms with van der Waals surface area (Å²) < 4.78 is 5.46. The molecule has 2 heterocycles. The van der Waals surface area contributed by atoms with Crippen LogP contribution in [-0.2, 0) is 6.54 Å². The molecule has 0 atom stereocenters. The van der Waals surface area contributed by atoms with Crippen LogP contribution < -0.4 is 5.32 Å². The molecular weight excluding hydrogens is 338 g/mol. The first-order valence-electron chi connectivity index (χ1n) is 9.17. The number of aromatic nitrogens is 4. The molecule has 6 heteroatoms. The van der Waals surface area contributed by atoms with Crippen molar-refractivity contribution in [2.45, 2.75) is 32.2 Å². The molecule has 1 N–H and O–H groups in total. The average Bonchev–Trinajstić information content (AvgIpc) is 3.43. The zero-order chi connectivity index (χ0) is 18.2. The molecular formula is C21H19N5O. The Labute approximate surface area is 156 Å². The van der Waals surface area contributed by atoms with Gasteiger partial charge >= 0.3 is 0 Å². The molecule has 0 radical (unpaired) electrons. The van der Waals surface area contributed by atoms with Crippen molar-refractivity contribution < 1.29 is 4.52 Å². The number of nitrogens with zero attached hydrogens (tertiary/aromatic N) is 4. The van der Waals surface area contributed by atoms with Crippen molar-refractivity contribution >= 4 is 16.6 Å². The van der Waals surface area contributed by atoms with Crippen molar-refractivity contribution in [3.63, 3.8) is 0 Å². The minimum atomic E-state index is 0.436. The molecule has 0 bridgehead atoms. The van der Waals surface area contributed by atoms with Gasteiger partial charge < -0.3 is 9.84 Å². The van der Waals surface area contributed by atoms with E-state index >= 15 is 0 Å². The van der Waals surface area contributed by atoms with E-state index in [0.717, 1.165) is 35.3 Å². The molecule has 4 aromatic rings. The summed E-state index contributed by atoms with van der Waals surface area (Å²) >= 11 is 0. The summed E-state index contributed by atoms with van der Waals surface area (Å²) in [6, 6.07) is 16.4. The highest BCUT2D eigenvalue weighted by Gasteiger charge is 2.29. The van der Waals surface area contributed by atoms with Gasteiger partial charge in [-0.15, -0.1) is 10.2 Å². The van der Waals surface area contributed by atoms with E-state index in [1.807, 2.05) is 24.3 Å². The summed E-state index contributed by atoms with van der Waals surface area (Å²) in [5.74, 6) is 2.40. The summed E-state index contributed by atoms with van der Waals surface area (Å²) in [4.78, 5) is 4.52. The maximum atomic E-state index is 5.46. The number of aryl methyl sites for hydroxylation is 1. The highest BCUT2D eigenvalue weighted by molar-refractivity contribution is 5.98. The number of anilines is 1. The lowest BCUT2D eigenvalue weighted by Crippen LogP contribution is -2.04. The monoisotopic (exact) mass is 357 g/mol. The first-order valence-corrected chi connectivity index (χ1v) is 9.17. The minimum absolute atomic E-state index is 0.436. The van der Waals surface area contributed by atoms with Crippen LogP contribution in [0.4, 0.5) is 5.82 Å². The molecule has 1 fully saturated rings. The van der Waals surface area contributed by atoms with Gasteiger partial charge in [0.05, 0.1) is 0 Å². The molecule has 6 nitrogen and oxygen atoms in total. The Morgan fingerprint density at radius 3 is 2.70 bits per heavy atom. The zero-order valence-corrected chi connectivity index (χ0v) is 15.0. The summed E-state index contributed by atoms with van der Waals surface area (Å²) in [6.07, 6.45) is 2.26. The number of benzene rings is 2. The largest absolute Gasteiger partial charge is 0.364 e.